The SMILES string of the molecule is CCCC(=O)n1cc(-c2ccc(CC)cc2)c(N2CCOCC2)c1C(=O)OC. The molecule has 0 atom stereocenters. The van der Waals surface area contributed by atoms with Gasteiger partial charge in [0, 0.05) is 31.3 Å². The molecule has 1 saturated heterocycles. The zero-order chi connectivity index (χ0) is 20.1. The third-order valence-electron chi connectivity index (χ3n) is 5.09. The molecule has 1 fully saturated rings. The molecule has 150 valence electrons. The largest absolute Gasteiger partial charge is 0.464 e. The van der Waals surface area contributed by atoms with Crippen molar-refractivity contribution in [1.82, 2.24) is 4.57 Å². The number of aryl methyl sites for hydroxylation is 1. The summed E-state index contributed by atoms with van der Waals surface area (Å²) in [5, 5.41) is 0. The van der Waals surface area contributed by atoms with Gasteiger partial charge in [-0.3, -0.25) is 9.36 Å². The molecular weight excluding hydrogens is 356 g/mol. The van der Waals surface area contributed by atoms with Gasteiger partial charge in [-0.2, -0.15) is 0 Å². The summed E-state index contributed by atoms with van der Waals surface area (Å²) in [7, 11) is 1.35. The first-order valence-corrected chi connectivity index (χ1v) is 9.89. The molecule has 1 aliphatic heterocycles. The zero-order valence-corrected chi connectivity index (χ0v) is 16.9. The number of esters is 1. The number of carbonyl (C=O) groups excluding carboxylic acids is 2. The van der Waals surface area contributed by atoms with Crippen molar-refractivity contribution in [2.75, 3.05) is 38.3 Å². The number of hydrogen-bond acceptors (Lipinski definition) is 5. The van der Waals surface area contributed by atoms with Crippen molar-refractivity contribution in [1.29, 1.82) is 0 Å². The van der Waals surface area contributed by atoms with E-state index in [2.05, 4.69) is 24.0 Å². The van der Waals surface area contributed by atoms with Gasteiger partial charge in [-0.05, 0) is 24.0 Å². The van der Waals surface area contributed by atoms with Crippen LogP contribution in [0.2, 0.25) is 0 Å². The first-order valence-electron chi connectivity index (χ1n) is 9.89. The number of ether oxygens (including phenoxy) is 2. The highest BCUT2D eigenvalue weighted by molar-refractivity contribution is 6.04. The number of benzene rings is 1. The summed E-state index contributed by atoms with van der Waals surface area (Å²) < 4.78 is 12.0. The van der Waals surface area contributed by atoms with Gasteiger partial charge in [0.25, 0.3) is 0 Å². The Hall–Kier alpha value is -2.60. The van der Waals surface area contributed by atoms with Crippen LogP contribution in [0.25, 0.3) is 11.1 Å². The molecule has 6 nitrogen and oxygen atoms in total. The van der Waals surface area contributed by atoms with E-state index in [1.807, 2.05) is 19.1 Å². The van der Waals surface area contributed by atoms with Crippen molar-refractivity contribution in [2.45, 2.75) is 33.1 Å². The van der Waals surface area contributed by atoms with Crippen LogP contribution in [0.3, 0.4) is 0 Å². The Labute approximate surface area is 166 Å². The molecule has 0 N–H and O–H groups in total. The second-order valence-electron chi connectivity index (χ2n) is 6.90. The molecule has 0 aliphatic carbocycles. The van der Waals surface area contributed by atoms with Crippen LogP contribution < -0.4 is 4.90 Å². The lowest BCUT2D eigenvalue weighted by molar-refractivity contribution is 0.0580. The lowest BCUT2D eigenvalue weighted by atomic mass is 10.0. The fraction of sp³-hybridized carbons (Fsp3) is 0.455. The number of methoxy groups -OCH3 is 1. The molecule has 3 rings (SSSR count). The Morgan fingerprint density at radius 2 is 1.79 bits per heavy atom. The van der Waals surface area contributed by atoms with E-state index in [9.17, 15) is 9.59 Å². The van der Waals surface area contributed by atoms with Gasteiger partial charge in [-0.1, -0.05) is 38.1 Å². The quantitative estimate of drug-likeness (QED) is 0.710. The predicted octanol–water partition coefficient (Wildman–Crippen LogP) is 3.78. The maximum Gasteiger partial charge on any atom is 0.357 e. The van der Waals surface area contributed by atoms with Crippen molar-refractivity contribution < 1.29 is 19.1 Å². The number of aromatic nitrogens is 1. The average Bonchev–Trinajstić information content (AvgIpc) is 3.15. The van der Waals surface area contributed by atoms with Crippen LogP contribution in [0.15, 0.2) is 30.5 Å². The van der Waals surface area contributed by atoms with Crippen molar-refractivity contribution in [2.24, 2.45) is 0 Å². The van der Waals surface area contributed by atoms with Crippen LogP contribution in [0.1, 0.15) is 47.5 Å². The Balaban J connectivity index is 2.20. The number of nitrogens with zero attached hydrogens (tertiary/aromatic N) is 2. The zero-order valence-electron chi connectivity index (χ0n) is 16.9. The Morgan fingerprint density at radius 3 is 2.36 bits per heavy atom. The summed E-state index contributed by atoms with van der Waals surface area (Å²) >= 11 is 0. The highest BCUT2D eigenvalue weighted by Crippen LogP contribution is 2.37. The molecule has 28 heavy (non-hydrogen) atoms. The normalized spacial score (nSPS) is 14.2. The third-order valence-corrected chi connectivity index (χ3v) is 5.09. The third kappa shape index (κ3) is 3.97. The van der Waals surface area contributed by atoms with E-state index in [0.717, 1.165) is 23.2 Å². The van der Waals surface area contributed by atoms with Gasteiger partial charge in [-0.15, -0.1) is 0 Å². The maximum absolute atomic E-state index is 12.8. The minimum Gasteiger partial charge on any atom is -0.464 e. The van der Waals surface area contributed by atoms with Crippen LogP contribution in [0, 0.1) is 0 Å². The molecule has 0 radical (unpaired) electrons. The van der Waals surface area contributed by atoms with E-state index in [4.69, 9.17) is 9.47 Å². The fourth-order valence-corrected chi connectivity index (χ4v) is 3.56. The fourth-order valence-electron chi connectivity index (χ4n) is 3.56. The number of morpholine rings is 1. The Bertz CT molecular complexity index is 833. The molecule has 2 aromatic rings. The van der Waals surface area contributed by atoms with Crippen LogP contribution >= 0.6 is 0 Å². The minimum atomic E-state index is -0.498. The lowest BCUT2D eigenvalue weighted by Crippen LogP contribution is -2.37. The number of rotatable bonds is 6. The van der Waals surface area contributed by atoms with Crippen molar-refractivity contribution in [3.8, 4) is 11.1 Å². The van der Waals surface area contributed by atoms with E-state index in [0.29, 0.717) is 44.8 Å². The minimum absolute atomic E-state index is 0.103. The second-order valence-corrected chi connectivity index (χ2v) is 6.90. The standard InChI is InChI=1S/C22H28N2O4/c1-4-6-19(25)24-15-18(17-9-7-16(5-2)8-10-17)20(21(24)22(26)27-3)23-11-13-28-14-12-23/h7-10,15H,4-6,11-14H2,1-3H3. The van der Waals surface area contributed by atoms with E-state index in [1.54, 1.807) is 6.20 Å². The average molecular weight is 384 g/mol. The molecule has 0 amide bonds. The number of carbonyl (C=O) groups is 2. The second kappa shape index (κ2) is 9.06. The molecule has 0 saturated carbocycles. The molecule has 2 heterocycles. The summed E-state index contributed by atoms with van der Waals surface area (Å²) in [5.74, 6) is -0.601. The van der Waals surface area contributed by atoms with E-state index >= 15 is 0 Å². The molecular formula is C22H28N2O4. The summed E-state index contributed by atoms with van der Waals surface area (Å²) in [6.07, 6.45) is 3.83. The molecule has 0 unspecified atom stereocenters. The first-order chi connectivity index (χ1) is 13.6. The molecule has 0 bridgehead atoms. The van der Waals surface area contributed by atoms with E-state index in [-0.39, 0.29) is 5.91 Å². The number of hydrogen-bond donors (Lipinski definition) is 0. The van der Waals surface area contributed by atoms with Gasteiger partial charge in [0.05, 0.1) is 26.0 Å². The van der Waals surface area contributed by atoms with Gasteiger partial charge >= 0.3 is 5.97 Å². The maximum atomic E-state index is 12.8. The summed E-state index contributed by atoms with van der Waals surface area (Å²) in [6.45, 7) is 6.56. The molecule has 1 aliphatic rings. The molecule has 1 aromatic heterocycles. The highest BCUT2D eigenvalue weighted by atomic mass is 16.5. The summed E-state index contributed by atoms with van der Waals surface area (Å²) in [5.41, 5.74) is 4.15. The van der Waals surface area contributed by atoms with Crippen LogP contribution in [0.4, 0.5) is 5.69 Å². The molecule has 1 aromatic carbocycles. The Kier molecular flexibility index (Phi) is 6.52. The van der Waals surface area contributed by atoms with Gasteiger partial charge in [0.15, 0.2) is 5.69 Å². The highest BCUT2D eigenvalue weighted by Gasteiger charge is 2.30. The summed E-state index contributed by atoms with van der Waals surface area (Å²) in [4.78, 5) is 27.6. The van der Waals surface area contributed by atoms with Crippen molar-refractivity contribution >= 4 is 17.6 Å². The molecule has 0 spiro atoms. The van der Waals surface area contributed by atoms with Gasteiger partial charge in [0.2, 0.25) is 5.91 Å². The van der Waals surface area contributed by atoms with Gasteiger partial charge in [-0.25, -0.2) is 4.79 Å². The predicted molar refractivity (Wildman–Crippen MR) is 109 cm³/mol. The Morgan fingerprint density at radius 1 is 1.11 bits per heavy atom. The van der Waals surface area contributed by atoms with Crippen LogP contribution in [-0.2, 0) is 15.9 Å². The van der Waals surface area contributed by atoms with Crippen molar-refractivity contribution in [3.63, 3.8) is 0 Å². The van der Waals surface area contributed by atoms with Crippen LogP contribution in [-0.4, -0.2) is 49.9 Å². The van der Waals surface area contributed by atoms with Crippen LogP contribution in [0.5, 0.6) is 0 Å². The lowest BCUT2D eigenvalue weighted by Gasteiger charge is -2.30. The van der Waals surface area contributed by atoms with Gasteiger partial charge in [0.1, 0.15) is 0 Å². The first kappa shape index (κ1) is 20.1. The van der Waals surface area contributed by atoms with E-state index < -0.39 is 5.97 Å². The van der Waals surface area contributed by atoms with Crippen molar-refractivity contribution in [3.05, 3.63) is 41.7 Å². The topological polar surface area (TPSA) is 60.8 Å². The smallest absolute Gasteiger partial charge is 0.357 e. The number of anilines is 1. The van der Waals surface area contributed by atoms with E-state index in [1.165, 1.54) is 17.2 Å². The molecule has 6 heteroatoms. The summed E-state index contributed by atoms with van der Waals surface area (Å²) in [6, 6.07) is 8.27. The van der Waals surface area contributed by atoms with Gasteiger partial charge < -0.3 is 14.4 Å². The monoisotopic (exact) mass is 384 g/mol.